The summed E-state index contributed by atoms with van der Waals surface area (Å²) in [5.74, 6) is 0. The smallest absolute Gasteiger partial charge is 0.0952 e. The van der Waals surface area contributed by atoms with Gasteiger partial charge in [-0.15, -0.1) is 0 Å². The summed E-state index contributed by atoms with van der Waals surface area (Å²) in [6.07, 6.45) is 4.09. The summed E-state index contributed by atoms with van der Waals surface area (Å²) >= 11 is 12.5. The maximum absolute atomic E-state index is 6.24. The molecular formula is C25H23Cl2NO. The van der Waals surface area contributed by atoms with E-state index in [0.29, 0.717) is 10.0 Å². The van der Waals surface area contributed by atoms with E-state index < -0.39 is 0 Å². The number of rotatable bonds is 5. The van der Waals surface area contributed by atoms with E-state index in [4.69, 9.17) is 27.9 Å². The molecule has 0 N–H and O–H groups in total. The lowest BCUT2D eigenvalue weighted by molar-refractivity contribution is -0.0329. The Labute approximate surface area is 182 Å². The van der Waals surface area contributed by atoms with E-state index in [-0.39, 0.29) is 6.10 Å². The van der Waals surface area contributed by atoms with E-state index in [0.717, 1.165) is 37.4 Å². The molecule has 148 valence electrons. The van der Waals surface area contributed by atoms with Crippen molar-refractivity contribution in [3.63, 3.8) is 0 Å². The number of hydrogen-bond acceptors (Lipinski definition) is 2. The topological polar surface area (TPSA) is 12.5 Å². The van der Waals surface area contributed by atoms with Gasteiger partial charge in [0.25, 0.3) is 0 Å². The zero-order chi connectivity index (χ0) is 20.1. The van der Waals surface area contributed by atoms with Gasteiger partial charge in [-0.1, -0.05) is 96.0 Å². The van der Waals surface area contributed by atoms with Crippen molar-refractivity contribution in [1.29, 1.82) is 0 Å². The first kappa shape index (κ1) is 20.2. The molecule has 1 saturated heterocycles. The van der Waals surface area contributed by atoms with E-state index in [1.54, 1.807) is 0 Å². The molecule has 0 aromatic heterocycles. The van der Waals surface area contributed by atoms with Crippen molar-refractivity contribution >= 4 is 35.4 Å². The van der Waals surface area contributed by atoms with Crippen LogP contribution in [0.4, 0.5) is 0 Å². The predicted molar refractivity (Wildman–Crippen MR) is 122 cm³/mol. The fourth-order valence-corrected chi connectivity index (χ4v) is 4.08. The van der Waals surface area contributed by atoms with Gasteiger partial charge in [-0.3, -0.25) is 4.90 Å². The summed E-state index contributed by atoms with van der Waals surface area (Å²) in [4.78, 5) is 2.46. The van der Waals surface area contributed by atoms with Gasteiger partial charge in [0.05, 0.1) is 12.7 Å². The third kappa shape index (κ3) is 5.29. The van der Waals surface area contributed by atoms with Crippen molar-refractivity contribution in [3.05, 3.63) is 105 Å². The molecule has 1 unspecified atom stereocenters. The first-order chi connectivity index (χ1) is 14.2. The molecule has 3 aromatic carbocycles. The molecule has 0 radical (unpaired) electrons. The van der Waals surface area contributed by atoms with Crippen molar-refractivity contribution in [3.8, 4) is 0 Å². The normalized spacial score (nSPS) is 17.7. The van der Waals surface area contributed by atoms with Crippen LogP contribution in [-0.2, 0) is 11.3 Å². The molecular weight excluding hydrogens is 401 g/mol. The van der Waals surface area contributed by atoms with Crippen LogP contribution in [0.3, 0.4) is 0 Å². The molecule has 29 heavy (non-hydrogen) atoms. The molecule has 4 rings (SSSR count). The van der Waals surface area contributed by atoms with Crippen molar-refractivity contribution in [2.24, 2.45) is 0 Å². The molecule has 0 amide bonds. The molecule has 1 aliphatic heterocycles. The molecule has 0 spiro atoms. The van der Waals surface area contributed by atoms with Crippen LogP contribution in [-0.4, -0.2) is 24.6 Å². The summed E-state index contributed by atoms with van der Waals surface area (Å²) in [5.41, 5.74) is 4.48. The summed E-state index contributed by atoms with van der Waals surface area (Å²) < 4.78 is 6.04. The monoisotopic (exact) mass is 423 g/mol. The third-order valence-electron chi connectivity index (χ3n) is 5.15. The van der Waals surface area contributed by atoms with Gasteiger partial charge in [0.1, 0.15) is 0 Å². The van der Waals surface area contributed by atoms with Gasteiger partial charge in [-0.05, 0) is 28.8 Å². The van der Waals surface area contributed by atoms with E-state index in [2.05, 4.69) is 59.5 Å². The lowest BCUT2D eigenvalue weighted by Crippen LogP contribution is -2.37. The van der Waals surface area contributed by atoms with Gasteiger partial charge in [0, 0.05) is 35.2 Å². The average Bonchev–Trinajstić information content (AvgIpc) is 2.75. The van der Waals surface area contributed by atoms with Crippen LogP contribution in [0.2, 0.25) is 10.0 Å². The number of ether oxygens (including phenoxy) is 1. The van der Waals surface area contributed by atoms with Crippen LogP contribution in [0.25, 0.3) is 12.2 Å². The zero-order valence-electron chi connectivity index (χ0n) is 16.1. The molecule has 1 atom stereocenters. The van der Waals surface area contributed by atoms with Gasteiger partial charge < -0.3 is 4.74 Å². The van der Waals surface area contributed by atoms with Gasteiger partial charge in [0.2, 0.25) is 0 Å². The van der Waals surface area contributed by atoms with E-state index in [1.807, 2.05) is 30.4 Å². The summed E-state index contributed by atoms with van der Waals surface area (Å²) in [7, 11) is 0. The van der Waals surface area contributed by atoms with Gasteiger partial charge in [-0.2, -0.15) is 0 Å². The number of hydrogen-bond donors (Lipinski definition) is 0. The second-order valence-electron chi connectivity index (χ2n) is 7.22. The van der Waals surface area contributed by atoms with Crippen molar-refractivity contribution in [2.75, 3.05) is 19.7 Å². The largest absolute Gasteiger partial charge is 0.371 e. The number of morpholine rings is 1. The fourth-order valence-electron chi connectivity index (χ4n) is 3.56. The Bertz CT molecular complexity index is 950. The van der Waals surface area contributed by atoms with Gasteiger partial charge in [0.15, 0.2) is 0 Å². The Morgan fingerprint density at radius 3 is 2.31 bits per heavy atom. The minimum atomic E-state index is 0.100. The molecule has 4 heteroatoms. The lowest BCUT2D eigenvalue weighted by Gasteiger charge is -2.33. The number of benzene rings is 3. The van der Waals surface area contributed by atoms with Crippen LogP contribution in [0.15, 0.2) is 72.8 Å². The molecule has 1 fully saturated rings. The highest BCUT2D eigenvalue weighted by Gasteiger charge is 2.21. The Morgan fingerprint density at radius 1 is 0.862 bits per heavy atom. The van der Waals surface area contributed by atoms with Crippen LogP contribution in [0.5, 0.6) is 0 Å². The van der Waals surface area contributed by atoms with E-state index in [1.165, 1.54) is 11.1 Å². The molecule has 0 saturated carbocycles. The Kier molecular flexibility index (Phi) is 6.68. The Hall–Kier alpha value is -2.10. The van der Waals surface area contributed by atoms with Crippen LogP contribution < -0.4 is 0 Å². The highest BCUT2D eigenvalue weighted by molar-refractivity contribution is 6.37. The lowest BCUT2D eigenvalue weighted by atomic mass is 10.0. The summed E-state index contributed by atoms with van der Waals surface area (Å²) in [5, 5.41) is 1.30. The van der Waals surface area contributed by atoms with Crippen molar-refractivity contribution in [1.82, 2.24) is 4.90 Å². The van der Waals surface area contributed by atoms with Crippen molar-refractivity contribution in [2.45, 2.75) is 12.6 Å². The minimum Gasteiger partial charge on any atom is -0.371 e. The Balaban J connectivity index is 1.41. The quantitative estimate of drug-likeness (QED) is 0.421. The number of nitrogens with zero attached hydrogens (tertiary/aromatic N) is 1. The second kappa shape index (κ2) is 9.60. The maximum Gasteiger partial charge on any atom is 0.0952 e. The SMILES string of the molecule is Clc1cccc(Cl)c1C=Cc1ccc(C2CN(Cc3ccccc3)CCO2)cc1. The van der Waals surface area contributed by atoms with Crippen LogP contribution in [0.1, 0.15) is 28.4 Å². The van der Waals surface area contributed by atoms with E-state index >= 15 is 0 Å². The highest BCUT2D eigenvalue weighted by Crippen LogP contribution is 2.27. The maximum atomic E-state index is 6.24. The molecule has 3 aromatic rings. The van der Waals surface area contributed by atoms with Crippen LogP contribution in [0, 0.1) is 0 Å². The van der Waals surface area contributed by atoms with Gasteiger partial charge in [-0.25, -0.2) is 0 Å². The van der Waals surface area contributed by atoms with Gasteiger partial charge >= 0.3 is 0 Å². The Morgan fingerprint density at radius 2 is 1.59 bits per heavy atom. The molecule has 2 nitrogen and oxygen atoms in total. The van der Waals surface area contributed by atoms with Crippen molar-refractivity contribution < 1.29 is 4.74 Å². The minimum absolute atomic E-state index is 0.100. The molecule has 0 bridgehead atoms. The van der Waals surface area contributed by atoms with Crippen LogP contribution >= 0.6 is 23.2 Å². The number of halogens is 2. The fraction of sp³-hybridized carbons (Fsp3) is 0.200. The first-order valence-corrected chi connectivity index (χ1v) is 10.5. The zero-order valence-corrected chi connectivity index (χ0v) is 17.6. The summed E-state index contributed by atoms with van der Waals surface area (Å²) in [6, 6.07) is 24.6. The second-order valence-corrected chi connectivity index (χ2v) is 8.03. The molecule has 1 heterocycles. The highest BCUT2D eigenvalue weighted by atomic mass is 35.5. The molecule has 0 aliphatic carbocycles. The third-order valence-corrected chi connectivity index (χ3v) is 5.81. The summed E-state index contributed by atoms with van der Waals surface area (Å²) in [6.45, 7) is 3.58. The average molecular weight is 424 g/mol. The molecule has 1 aliphatic rings. The predicted octanol–water partition coefficient (Wildman–Crippen LogP) is 6.74. The standard InChI is InChI=1S/C25H23Cl2NO/c26-23-7-4-8-24(27)22(23)14-11-19-9-12-21(13-10-19)25-18-28(15-16-29-25)17-20-5-2-1-3-6-20/h1-14,25H,15-18H2. The van der Waals surface area contributed by atoms with E-state index in [9.17, 15) is 0 Å². The first-order valence-electron chi connectivity index (χ1n) is 9.79.